The van der Waals surface area contributed by atoms with Crippen molar-refractivity contribution in [2.45, 2.75) is 30.3 Å². The zero-order valence-electron chi connectivity index (χ0n) is 17.2. The van der Waals surface area contributed by atoms with Crippen LogP contribution in [0.1, 0.15) is 30.5 Å². The highest BCUT2D eigenvalue weighted by Crippen LogP contribution is 2.36. The van der Waals surface area contributed by atoms with Crippen LogP contribution < -0.4 is 4.74 Å². The van der Waals surface area contributed by atoms with E-state index in [0.29, 0.717) is 10.0 Å². The Hall–Kier alpha value is -2.41. The van der Waals surface area contributed by atoms with E-state index in [1.54, 1.807) is 18.9 Å². The summed E-state index contributed by atoms with van der Waals surface area (Å²) in [6.07, 6.45) is 4.56. The molecule has 0 aliphatic carbocycles. The maximum Gasteiger partial charge on any atom is 0.169 e. The summed E-state index contributed by atoms with van der Waals surface area (Å²) in [5, 5.41) is 9.30. The molecule has 1 N–H and O–H groups in total. The molecule has 0 fully saturated rings. The molecule has 1 unspecified atom stereocenters. The van der Waals surface area contributed by atoms with E-state index in [9.17, 15) is 0 Å². The minimum Gasteiger partial charge on any atom is -0.497 e. The zero-order valence-corrected chi connectivity index (χ0v) is 19.5. The van der Waals surface area contributed by atoms with Gasteiger partial charge in [-0.25, -0.2) is 4.98 Å². The van der Waals surface area contributed by atoms with Crippen molar-refractivity contribution in [3.63, 3.8) is 0 Å². The summed E-state index contributed by atoms with van der Waals surface area (Å²) in [4.78, 5) is 4.74. The summed E-state index contributed by atoms with van der Waals surface area (Å²) in [7, 11) is 1.67. The van der Waals surface area contributed by atoms with Gasteiger partial charge in [-0.05, 0) is 47.9 Å². The highest BCUT2D eigenvalue weighted by Gasteiger charge is 2.22. The predicted octanol–water partition coefficient (Wildman–Crippen LogP) is 6.88. The second-order valence-corrected chi connectivity index (χ2v) is 8.75. The van der Waals surface area contributed by atoms with Crippen LogP contribution in [0.4, 0.5) is 0 Å². The Morgan fingerprint density at radius 2 is 1.90 bits per heavy atom. The summed E-state index contributed by atoms with van der Waals surface area (Å²) in [5.74, 6) is 1.64. The van der Waals surface area contributed by atoms with E-state index in [0.717, 1.165) is 40.0 Å². The molecule has 0 spiro atoms. The number of ether oxygens (including phenoxy) is 1. The number of aromatic nitrogens is 4. The molecular formula is C23H22Cl2N4OS. The van der Waals surface area contributed by atoms with Crippen LogP contribution in [0.2, 0.25) is 10.0 Å². The Morgan fingerprint density at radius 1 is 1.10 bits per heavy atom. The topological polar surface area (TPSA) is 55.7 Å². The molecule has 4 rings (SSSR count). The molecule has 0 radical (unpaired) electrons. The van der Waals surface area contributed by atoms with Crippen LogP contribution in [0.3, 0.4) is 0 Å². The number of hydrogen-bond acceptors (Lipinski definition) is 4. The molecule has 2 aromatic heterocycles. The van der Waals surface area contributed by atoms with Crippen molar-refractivity contribution in [1.29, 1.82) is 0 Å². The molecule has 0 aliphatic rings. The van der Waals surface area contributed by atoms with Crippen molar-refractivity contribution < 1.29 is 4.74 Å². The molecule has 1 atom stereocenters. The third kappa shape index (κ3) is 4.76. The van der Waals surface area contributed by atoms with Crippen molar-refractivity contribution >= 4 is 35.0 Å². The van der Waals surface area contributed by atoms with Crippen LogP contribution in [0, 0.1) is 0 Å². The molecule has 2 aromatic carbocycles. The fourth-order valence-corrected chi connectivity index (χ4v) is 4.79. The highest BCUT2D eigenvalue weighted by atomic mass is 35.5. The molecule has 0 saturated heterocycles. The largest absolute Gasteiger partial charge is 0.497 e. The predicted molar refractivity (Wildman–Crippen MR) is 127 cm³/mol. The molecule has 8 heteroatoms. The summed E-state index contributed by atoms with van der Waals surface area (Å²) in [6, 6.07) is 15.9. The minimum atomic E-state index is 0.0438. The van der Waals surface area contributed by atoms with Crippen molar-refractivity contribution in [2.75, 3.05) is 7.11 Å². The van der Waals surface area contributed by atoms with Crippen LogP contribution in [-0.4, -0.2) is 26.9 Å². The van der Waals surface area contributed by atoms with Gasteiger partial charge in [-0.2, -0.15) is 5.10 Å². The number of nitrogens with one attached hydrogen (secondary N) is 1. The Morgan fingerprint density at radius 3 is 2.55 bits per heavy atom. The Labute approximate surface area is 195 Å². The third-order valence-corrected chi connectivity index (χ3v) is 6.86. The highest BCUT2D eigenvalue weighted by molar-refractivity contribution is 7.98. The summed E-state index contributed by atoms with van der Waals surface area (Å²) in [5.41, 5.74) is 4.08. The smallest absolute Gasteiger partial charge is 0.169 e. The first-order valence-corrected chi connectivity index (χ1v) is 11.6. The van der Waals surface area contributed by atoms with Gasteiger partial charge in [0, 0.05) is 11.9 Å². The molecule has 0 bridgehead atoms. The molecule has 2 heterocycles. The van der Waals surface area contributed by atoms with Crippen LogP contribution in [-0.2, 0) is 5.75 Å². The third-order valence-electron chi connectivity index (χ3n) is 5.08. The van der Waals surface area contributed by atoms with E-state index >= 15 is 0 Å². The maximum atomic E-state index is 6.33. The van der Waals surface area contributed by atoms with E-state index in [4.69, 9.17) is 32.9 Å². The first-order chi connectivity index (χ1) is 15.1. The van der Waals surface area contributed by atoms with Gasteiger partial charge in [-0.1, -0.05) is 60.1 Å². The lowest BCUT2D eigenvalue weighted by atomic mass is 10.0. The van der Waals surface area contributed by atoms with E-state index in [2.05, 4.69) is 33.8 Å². The van der Waals surface area contributed by atoms with Gasteiger partial charge in [0.1, 0.15) is 11.4 Å². The monoisotopic (exact) mass is 472 g/mol. The average molecular weight is 473 g/mol. The fourth-order valence-electron chi connectivity index (χ4n) is 3.50. The average Bonchev–Trinajstić information content (AvgIpc) is 3.46. The van der Waals surface area contributed by atoms with E-state index in [-0.39, 0.29) is 6.04 Å². The number of hydrogen-bond donors (Lipinski definition) is 1. The summed E-state index contributed by atoms with van der Waals surface area (Å²) < 4.78 is 7.50. The quantitative estimate of drug-likeness (QED) is 0.284. The standard InChI is InChI=1S/C23H22Cl2N4OS/c1-3-21(16-6-9-18(24)19(25)12-16)29-22(20-10-11-27-28-20)13-26-23(29)31-14-15-4-7-17(30-2)8-5-15/h4-13,21H,3,14H2,1-2H3,(H,27,28). The van der Waals surface area contributed by atoms with Gasteiger partial charge in [0.2, 0.25) is 0 Å². The van der Waals surface area contributed by atoms with Gasteiger partial charge in [-0.15, -0.1) is 0 Å². The normalized spacial score (nSPS) is 12.1. The molecule has 4 aromatic rings. The van der Waals surface area contributed by atoms with Crippen LogP contribution in [0.15, 0.2) is 66.1 Å². The second kappa shape index (κ2) is 9.81. The number of methoxy groups -OCH3 is 1. The van der Waals surface area contributed by atoms with E-state index < -0.39 is 0 Å². The van der Waals surface area contributed by atoms with Gasteiger partial charge in [-0.3, -0.25) is 5.10 Å². The fraction of sp³-hybridized carbons (Fsp3) is 0.217. The lowest BCUT2D eigenvalue weighted by Gasteiger charge is -2.22. The van der Waals surface area contributed by atoms with Crippen molar-refractivity contribution in [3.8, 4) is 17.1 Å². The number of aromatic amines is 1. The molecular weight excluding hydrogens is 451 g/mol. The Bertz CT molecular complexity index is 1140. The number of halogens is 2. The van der Waals surface area contributed by atoms with Crippen LogP contribution >= 0.6 is 35.0 Å². The van der Waals surface area contributed by atoms with Crippen molar-refractivity contribution in [3.05, 3.63) is 82.1 Å². The van der Waals surface area contributed by atoms with Gasteiger partial charge >= 0.3 is 0 Å². The first-order valence-electron chi connectivity index (χ1n) is 9.88. The number of thioether (sulfide) groups is 1. The molecule has 31 heavy (non-hydrogen) atoms. The SMILES string of the molecule is CCC(c1ccc(Cl)c(Cl)c1)n1c(-c2cc[nH]n2)cnc1SCc1ccc(OC)cc1. The van der Waals surface area contributed by atoms with Gasteiger partial charge in [0.25, 0.3) is 0 Å². The van der Waals surface area contributed by atoms with Crippen molar-refractivity contribution in [2.24, 2.45) is 0 Å². The molecule has 5 nitrogen and oxygen atoms in total. The lowest BCUT2D eigenvalue weighted by molar-refractivity contribution is 0.414. The lowest BCUT2D eigenvalue weighted by Crippen LogP contribution is -2.12. The van der Waals surface area contributed by atoms with Crippen LogP contribution in [0.5, 0.6) is 5.75 Å². The van der Waals surface area contributed by atoms with E-state index in [1.807, 2.05) is 48.8 Å². The maximum absolute atomic E-state index is 6.33. The van der Waals surface area contributed by atoms with Gasteiger partial charge in [0.15, 0.2) is 5.16 Å². The Balaban J connectivity index is 1.70. The molecule has 0 saturated carbocycles. The summed E-state index contributed by atoms with van der Waals surface area (Å²) >= 11 is 14.2. The molecule has 0 aliphatic heterocycles. The number of benzene rings is 2. The zero-order chi connectivity index (χ0) is 21.8. The van der Waals surface area contributed by atoms with Crippen molar-refractivity contribution in [1.82, 2.24) is 19.7 Å². The van der Waals surface area contributed by atoms with Gasteiger partial charge < -0.3 is 9.30 Å². The molecule has 160 valence electrons. The van der Waals surface area contributed by atoms with E-state index in [1.165, 1.54) is 5.56 Å². The van der Waals surface area contributed by atoms with Gasteiger partial charge in [0.05, 0.1) is 35.1 Å². The summed E-state index contributed by atoms with van der Waals surface area (Å²) in [6.45, 7) is 2.15. The van der Waals surface area contributed by atoms with Crippen LogP contribution in [0.25, 0.3) is 11.4 Å². The number of imidazole rings is 1. The first kappa shape index (κ1) is 21.8. The number of H-pyrrole nitrogens is 1. The number of rotatable bonds is 8. The minimum absolute atomic E-state index is 0.0438. The number of nitrogens with zero attached hydrogens (tertiary/aromatic N) is 3. The molecule has 0 amide bonds. The Kier molecular flexibility index (Phi) is 6.90. The second-order valence-electron chi connectivity index (χ2n) is 6.99.